The van der Waals surface area contributed by atoms with Crippen molar-refractivity contribution in [3.63, 3.8) is 0 Å². The molecule has 1 aromatic carbocycles. The molecular formula is C19H33P. The fourth-order valence-corrected chi connectivity index (χ4v) is 5.52. The molecule has 0 heterocycles. The van der Waals surface area contributed by atoms with Crippen LogP contribution >= 0.6 is 7.92 Å². The molecule has 0 bridgehead atoms. The second-order valence-electron chi connectivity index (χ2n) is 5.89. The molecule has 1 aromatic rings. The molecule has 1 rings (SSSR count). The van der Waals surface area contributed by atoms with Gasteiger partial charge >= 0.3 is 0 Å². The van der Waals surface area contributed by atoms with Gasteiger partial charge in [-0.1, -0.05) is 84.6 Å². The summed E-state index contributed by atoms with van der Waals surface area (Å²) < 4.78 is 0. The molecular weight excluding hydrogens is 259 g/mol. The van der Waals surface area contributed by atoms with E-state index >= 15 is 0 Å². The van der Waals surface area contributed by atoms with Crippen molar-refractivity contribution in [1.29, 1.82) is 0 Å². The summed E-state index contributed by atoms with van der Waals surface area (Å²) in [5.74, 6) is 0. The van der Waals surface area contributed by atoms with Gasteiger partial charge in [-0.2, -0.15) is 0 Å². The molecule has 114 valence electrons. The number of hydrogen-bond donors (Lipinski definition) is 0. The Morgan fingerprint density at radius 1 is 0.750 bits per heavy atom. The van der Waals surface area contributed by atoms with E-state index in [4.69, 9.17) is 0 Å². The van der Waals surface area contributed by atoms with Gasteiger partial charge in [0, 0.05) is 0 Å². The van der Waals surface area contributed by atoms with Crippen molar-refractivity contribution in [2.45, 2.75) is 72.1 Å². The zero-order valence-corrected chi connectivity index (χ0v) is 14.7. The molecule has 1 heteroatoms. The van der Waals surface area contributed by atoms with Gasteiger partial charge in [0.2, 0.25) is 0 Å². The number of rotatable bonds is 11. The van der Waals surface area contributed by atoms with E-state index < -0.39 is 0 Å². The molecule has 0 atom stereocenters. The Bertz CT molecular complexity index is 333. The lowest BCUT2D eigenvalue weighted by Crippen LogP contribution is -2.10. The molecule has 0 unspecified atom stereocenters. The van der Waals surface area contributed by atoms with Gasteiger partial charge in [-0.05, 0) is 43.0 Å². The predicted molar refractivity (Wildman–Crippen MR) is 95.8 cm³/mol. The third-order valence-corrected chi connectivity index (χ3v) is 6.91. The average molecular weight is 292 g/mol. The SMILES string of the molecule is CCCCCCP(CCCCCC)c1ccccc1C. The molecule has 0 amide bonds. The smallest absolute Gasteiger partial charge is 0.0211 e. The number of benzene rings is 1. The van der Waals surface area contributed by atoms with Gasteiger partial charge in [0.05, 0.1) is 0 Å². The quantitative estimate of drug-likeness (QED) is 0.333. The lowest BCUT2D eigenvalue weighted by molar-refractivity contribution is 0.697. The molecule has 0 aliphatic heterocycles. The molecule has 0 saturated carbocycles. The van der Waals surface area contributed by atoms with Gasteiger partial charge in [-0.15, -0.1) is 0 Å². The fraction of sp³-hybridized carbons (Fsp3) is 0.684. The third-order valence-electron chi connectivity index (χ3n) is 4.02. The van der Waals surface area contributed by atoms with E-state index in [9.17, 15) is 0 Å². The van der Waals surface area contributed by atoms with E-state index in [1.807, 2.05) is 0 Å². The molecule has 20 heavy (non-hydrogen) atoms. The van der Waals surface area contributed by atoms with E-state index in [1.165, 1.54) is 69.3 Å². The normalized spacial score (nSPS) is 11.2. The average Bonchev–Trinajstić information content (AvgIpc) is 2.46. The molecule has 0 N–H and O–H groups in total. The van der Waals surface area contributed by atoms with E-state index in [1.54, 1.807) is 5.30 Å². The Morgan fingerprint density at radius 2 is 1.30 bits per heavy atom. The number of hydrogen-bond acceptors (Lipinski definition) is 0. The topological polar surface area (TPSA) is 0 Å². The van der Waals surface area contributed by atoms with Crippen molar-refractivity contribution in [1.82, 2.24) is 0 Å². The predicted octanol–water partition coefficient (Wildman–Crippen LogP) is 6.26. The molecule has 0 nitrogen and oxygen atoms in total. The van der Waals surface area contributed by atoms with Gasteiger partial charge in [0.25, 0.3) is 0 Å². The largest absolute Gasteiger partial charge is 0.0750 e. The van der Waals surface area contributed by atoms with Crippen LogP contribution < -0.4 is 5.30 Å². The molecule has 0 radical (unpaired) electrons. The Kier molecular flexibility index (Phi) is 10.0. The van der Waals surface area contributed by atoms with Gasteiger partial charge in [0.1, 0.15) is 0 Å². The van der Waals surface area contributed by atoms with E-state index in [0.29, 0.717) is 0 Å². The van der Waals surface area contributed by atoms with Crippen molar-refractivity contribution in [2.24, 2.45) is 0 Å². The summed E-state index contributed by atoms with van der Waals surface area (Å²) in [5.41, 5.74) is 1.52. The summed E-state index contributed by atoms with van der Waals surface area (Å²) in [6.07, 6.45) is 14.1. The molecule has 0 fully saturated rings. The molecule has 0 spiro atoms. The maximum Gasteiger partial charge on any atom is -0.0211 e. The lowest BCUT2D eigenvalue weighted by atomic mass is 10.2. The van der Waals surface area contributed by atoms with Crippen molar-refractivity contribution < 1.29 is 0 Å². The second-order valence-corrected chi connectivity index (χ2v) is 8.35. The molecule has 0 aliphatic rings. The zero-order valence-electron chi connectivity index (χ0n) is 13.8. The highest BCUT2D eigenvalue weighted by atomic mass is 31.1. The standard InChI is InChI=1S/C19H33P/c1-4-6-8-12-16-20(17-13-9-7-5-2)19-15-11-10-14-18(19)3/h10-11,14-15H,4-9,12-13,16-17H2,1-3H3. The Balaban J connectivity index is 2.52. The maximum atomic E-state index is 2.39. The minimum atomic E-state index is 0.0902. The van der Waals surface area contributed by atoms with Crippen LogP contribution in [0.3, 0.4) is 0 Å². The van der Waals surface area contributed by atoms with Gasteiger partial charge in [-0.25, -0.2) is 0 Å². The first-order valence-corrected chi connectivity index (χ1v) is 10.3. The summed E-state index contributed by atoms with van der Waals surface area (Å²) in [7, 11) is 0.0902. The Morgan fingerprint density at radius 3 is 1.80 bits per heavy atom. The highest BCUT2D eigenvalue weighted by Gasteiger charge is 2.12. The van der Waals surface area contributed by atoms with Crippen LogP contribution in [0.15, 0.2) is 24.3 Å². The molecule has 0 aromatic heterocycles. The highest BCUT2D eigenvalue weighted by Crippen LogP contribution is 2.38. The van der Waals surface area contributed by atoms with Crippen molar-refractivity contribution >= 4 is 13.2 Å². The van der Waals surface area contributed by atoms with Gasteiger partial charge in [0.15, 0.2) is 0 Å². The monoisotopic (exact) mass is 292 g/mol. The van der Waals surface area contributed by atoms with Crippen LogP contribution in [0, 0.1) is 6.92 Å². The van der Waals surface area contributed by atoms with Gasteiger partial charge in [-0.3, -0.25) is 0 Å². The van der Waals surface area contributed by atoms with Crippen molar-refractivity contribution in [2.75, 3.05) is 12.3 Å². The molecule has 0 saturated heterocycles. The maximum absolute atomic E-state index is 2.39. The Hall–Kier alpha value is -0.350. The Labute approximate surface area is 128 Å². The van der Waals surface area contributed by atoms with Crippen LogP contribution in [-0.4, -0.2) is 12.3 Å². The van der Waals surface area contributed by atoms with Crippen LogP contribution in [0.1, 0.15) is 70.8 Å². The summed E-state index contributed by atoms with van der Waals surface area (Å²) in [5, 5.41) is 1.68. The zero-order chi connectivity index (χ0) is 14.6. The first kappa shape index (κ1) is 17.7. The minimum Gasteiger partial charge on any atom is -0.0750 e. The van der Waals surface area contributed by atoms with E-state index in [-0.39, 0.29) is 7.92 Å². The number of aryl methyl sites for hydroxylation is 1. The summed E-state index contributed by atoms with van der Waals surface area (Å²) in [4.78, 5) is 0. The van der Waals surface area contributed by atoms with Crippen LogP contribution in [0.2, 0.25) is 0 Å². The second kappa shape index (κ2) is 11.3. The first-order valence-electron chi connectivity index (χ1n) is 8.60. The summed E-state index contributed by atoms with van der Waals surface area (Å²) >= 11 is 0. The van der Waals surface area contributed by atoms with Gasteiger partial charge < -0.3 is 0 Å². The fourth-order valence-electron chi connectivity index (χ4n) is 2.73. The van der Waals surface area contributed by atoms with Crippen LogP contribution in [0.5, 0.6) is 0 Å². The summed E-state index contributed by atoms with van der Waals surface area (Å²) in [6.45, 7) is 6.90. The lowest BCUT2D eigenvalue weighted by Gasteiger charge is -2.20. The third kappa shape index (κ3) is 6.89. The van der Waals surface area contributed by atoms with Crippen LogP contribution in [0.25, 0.3) is 0 Å². The highest BCUT2D eigenvalue weighted by molar-refractivity contribution is 7.65. The van der Waals surface area contributed by atoms with E-state index in [2.05, 4.69) is 45.0 Å². The van der Waals surface area contributed by atoms with Crippen LogP contribution in [-0.2, 0) is 0 Å². The van der Waals surface area contributed by atoms with Crippen molar-refractivity contribution in [3.05, 3.63) is 29.8 Å². The summed E-state index contributed by atoms with van der Waals surface area (Å²) in [6, 6.07) is 9.10. The first-order chi connectivity index (χ1) is 9.79. The number of unbranched alkanes of at least 4 members (excludes halogenated alkanes) is 6. The minimum absolute atomic E-state index is 0.0902. The van der Waals surface area contributed by atoms with Crippen molar-refractivity contribution in [3.8, 4) is 0 Å². The van der Waals surface area contributed by atoms with E-state index in [0.717, 1.165) is 0 Å². The molecule has 0 aliphatic carbocycles. The van der Waals surface area contributed by atoms with Crippen LogP contribution in [0.4, 0.5) is 0 Å².